The number of hydrogen-bond acceptors (Lipinski definition) is 2. The maximum atomic E-state index is 13.2. The van der Waals surface area contributed by atoms with Crippen molar-refractivity contribution < 1.29 is 9.18 Å². The second-order valence-corrected chi connectivity index (χ2v) is 5.15. The minimum Gasteiger partial charge on any atom is -0.353 e. The van der Waals surface area contributed by atoms with Crippen molar-refractivity contribution in [3.63, 3.8) is 0 Å². The van der Waals surface area contributed by atoms with Gasteiger partial charge >= 0.3 is 0 Å². The van der Waals surface area contributed by atoms with Gasteiger partial charge in [-0.3, -0.25) is 4.79 Å². The Balaban J connectivity index is 1.90. The molecule has 2 unspecified atom stereocenters. The minimum atomic E-state index is -0.291. The summed E-state index contributed by atoms with van der Waals surface area (Å²) in [6.07, 6.45) is 2.97. The van der Waals surface area contributed by atoms with Crippen molar-refractivity contribution in [2.24, 2.45) is 5.73 Å². The van der Waals surface area contributed by atoms with E-state index in [9.17, 15) is 9.18 Å². The highest BCUT2D eigenvalue weighted by atomic mass is 19.1. The molecule has 1 aromatic carbocycles. The molecule has 0 spiro atoms. The van der Waals surface area contributed by atoms with E-state index in [4.69, 9.17) is 5.73 Å². The third kappa shape index (κ3) is 3.53. The average molecular weight is 250 g/mol. The second kappa shape index (κ2) is 5.48. The Bertz CT molecular complexity index is 427. The molecule has 0 radical (unpaired) electrons. The first kappa shape index (κ1) is 13.0. The van der Waals surface area contributed by atoms with Crippen molar-refractivity contribution in [1.29, 1.82) is 0 Å². The predicted octanol–water partition coefficient (Wildman–Crippen LogP) is 1.67. The standard InChI is InChI=1S/C14H19FN2O/c1-9-4-10(6-11(15)5-9)7-14(18)17-13-3-2-12(16)8-13/h4-6,12-13H,2-3,7-8,16H2,1H3,(H,17,18). The molecule has 0 aliphatic heterocycles. The van der Waals surface area contributed by atoms with E-state index in [1.807, 2.05) is 13.0 Å². The van der Waals surface area contributed by atoms with E-state index in [2.05, 4.69) is 5.32 Å². The lowest BCUT2D eigenvalue weighted by atomic mass is 10.1. The van der Waals surface area contributed by atoms with E-state index in [-0.39, 0.29) is 30.2 Å². The van der Waals surface area contributed by atoms with Crippen LogP contribution in [-0.2, 0) is 11.2 Å². The third-order valence-electron chi connectivity index (χ3n) is 3.30. The van der Waals surface area contributed by atoms with E-state index in [0.717, 1.165) is 24.8 Å². The first-order valence-corrected chi connectivity index (χ1v) is 6.34. The summed E-state index contributed by atoms with van der Waals surface area (Å²) in [5.74, 6) is -0.347. The van der Waals surface area contributed by atoms with Gasteiger partial charge in [0.15, 0.2) is 0 Å². The number of carbonyl (C=O) groups is 1. The normalized spacial score (nSPS) is 23.1. The number of amides is 1. The molecule has 2 rings (SSSR count). The molecule has 18 heavy (non-hydrogen) atoms. The number of nitrogens with one attached hydrogen (secondary N) is 1. The summed E-state index contributed by atoms with van der Waals surface area (Å²) in [5, 5.41) is 2.96. The average Bonchev–Trinajstić information content (AvgIpc) is 2.61. The van der Waals surface area contributed by atoms with E-state index in [0.29, 0.717) is 5.56 Å². The van der Waals surface area contributed by atoms with Crippen molar-refractivity contribution in [2.45, 2.75) is 44.7 Å². The van der Waals surface area contributed by atoms with Gasteiger partial charge in [0.05, 0.1) is 6.42 Å². The van der Waals surface area contributed by atoms with Crippen LogP contribution in [0.15, 0.2) is 18.2 Å². The molecule has 3 N–H and O–H groups in total. The summed E-state index contributed by atoms with van der Waals surface area (Å²) in [7, 11) is 0. The van der Waals surface area contributed by atoms with Gasteiger partial charge in [0, 0.05) is 12.1 Å². The van der Waals surface area contributed by atoms with Gasteiger partial charge in [0.2, 0.25) is 5.91 Å². The summed E-state index contributed by atoms with van der Waals surface area (Å²) in [6, 6.07) is 5.09. The molecule has 3 nitrogen and oxygen atoms in total. The fourth-order valence-corrected chi connectivity index (χ4v) is 2.53. The molecule has 1 aliphatic carbocycles. The van der Waals surface area contributed by atoms with Gasteiger partial charge in [-0.25, -0.2) is 4.39 Å². The van der Waals surface area contributed by atoms with Crippen molar-refractivity contribution in [3.05, 3.63) is 35.1 Å². The highest BCUT2D eigenvalue weighted by Crippen LogP contribution is 2.17. The topological polar surface area (TPSA) is 55.1 Å². The molecule has 1 aliphatic rings. The zero-order chi connectivity index (χ0) is 13.1. The van der Waals surface area contributed by atoms with Crippen LogP contribution in [0.25, 0.3) is 0 Å². The highest BCUT2D eigenvalue weighted by molar-refractivity contribution is 5.78. The highest BCUT2D eigenvalue weighted by Gasteiger charge is 2.22. The molecule has 1 saturated carbocycles. The fraction of sp³-hybridized carbons (Fsp3) is 0.500. The smallest absolute Gasteiger partial charge is 0.224 e. The first-order chi connectivity index (χ1) is 8.52. The predicted molar refractivity (Wildman–Crippen MR) is 68.6 cm³/mol. The number of halogens is 1. The Morgan fingerprint density at radius 2 is 2.22 bits per heavy atom. The number of aryl methyl sites for hydroxylation is 1. The molecule has 98 valence electrons. The molecule has 4 heteroatoms. The molecule has 1 amide bonds. The monoisotopic (exact) mass is 250 g/mol. The lowest BCUT2D eigenvalue weighted by Crippen LogP contribution is -2.35. The van der Waals surface area contributed by atoms with E-state index in [1.54, 1.807) is 0 Å². The molecule has 0 aromatic heterocycles. The summed E-state index contributed by atoms with van der Waals surface area (Å²) in [5.41, 5.74) is 7.34. The Labute approximate surface area is 107 Å². The summed E-state index contributed by atoms with van der Waals surface area (Å²) in [4.78, 5) is 11.8. The summed E-state index contributed by atoms with van der Waals surface area (Å²) < 4.78 is 13.2. The van der Waals surface area contributed by atoms with Crippen LogP contribution in [-0.4, -0.2) is 18.0 Å². The van der Waals surface area contributed by atoms with Gasteiger partial charge in [-0.05, 0) is 49.4 Å². The maximum Gasteiger partial charge on any atom is 0.224 e. The van der Waals surface area contributed by atoms with Crippen LogP contribution in [0.4, 0.5) is 4.39 Å². The maximum absolute atomic E-state index is 13.2. The lowest BCUT2D eigenvalue weighted by molar-refractivity contribution is -0.121. The molecular weight excluding hydrogens is 231 g/mol. The Hall–Kier alpha value is -1.42. The van der Waals surface area contributed by atoms with Crippen LogP contribution >= 0.6 is 0 Å². The van der Waals surface area contributed by atoms with Gasteiger partial charge in [-0.15, -0.1) is 0 Å². The quantitative estimate of drug-likeness (QED) is 0.857. The third-order valence-corrected chi connectivity index (χ3v) is 3.30. The van der Waals surface area contributed by atoms with Crippen LogP contribution in [0.1, 0.15) is 30.4 Å². The van der Waals surface area contributed by atoms with E-state index >= 15 is 0 Å². The van der Waals surface area contributed by atoms with Crippen LogP contribution in [0, 0.1) is 12.7 Å². The Morgan fingerprint density at radius 3 is 2.83 bits per heavy atom. The zero-order valence-electron chi connectivity index (χ0n) is 10.6. The van der Waals surface area contributed by atoms with Gasteiger partial charge in [-0.2, -0.15) is 0 Å². The van der Waals surface area contributed by atoms with E-state index < -0.39 is 0 Å². The summed E-state index contributed by atoms with van der Waals surface area (Å²) in [6.45, 7) is 1.82. The number of hydrogen-bond donors (Lipinski definition) is 2. The first-order valence-electron chi connectivity index (χ1n) is 6.34. The van der Waals surface area contributed by atoms with Crippen LogP contribution in [0.5, 0.6) is 0 Å². The molecule has 0 heterocycles. The van der Waals surface area contributed by atoms with Gasteiger partial charge in [0.1, 0.15) is 5.82 Å². The minimum absolute atomic E-state index is 0.0564. The molecule has 1 fully saturated rings. The second-order valence-electron chi connectivity index (χ2n) is 5.15. The van der Waals surface area contributed by atoms with Gasteiger partial charge in [-0.1, -0.05) is 6.07 Å². The van der Waals surface area contributed by atoms with Crippen LogP contribution < -0.4 is 11.1 Å². The number of rotatable bonds is 3. The van der Waals surface area contributed by atoms with Crippen molar-refractivity contribution in [3.8, 4) is 0 Å². The molecule has 0 saturated heterocycles. The van der Waals surface area contributed by atoms with Crippen LogP contribution in [0.2, 0.25) is 0 Å². The van der Waals surface area contributed by atoms with Crippen molar-refractivity contribution in [1.82, 2.24) is 5.32 Å². The zero-order valence-corrected chi connectivity index (χ0v) is 10.6. The molecule has 2 atom stereocenters. The van der Waals surface area contributed by atoms with Gasteiger partial charge < -0.3 is 11.1 Å². The number of carbonyl (C=O) groups excluding carboxylic acids is 1. The summed E-state index contributed by atoms with van der Waals surface area (Å²) >= 11 is 0. The van der Waals surface area contributed by atoms with Crippen molar-refractivity contribution in [2.75, 3.05) is 0 Å². The van der Waals surface area contributed by atoms with Gasteiger partial charge in [0.25, 0.3) is 0 Å². The van der Waals surface area contributed by atoms with Crippen molar-refractivity contribution >= 4 is 5.91 Å². The van der Waals surface area contributed by atoms with E-state index in [1.165, 1.54) is 12.1 Å². The fourth-order valence-electron chi connectivity index (χ4n) is 2.53. The largest absolute Gasteiger partial charge is 0.353 e. The molecular formula is C14H19FN2O. The lowest BCUT2D eigenvalue weighted by Gasteiger charge is -2.12. The Kier molecular flexibility index (Phi) is 3.97. The van der Waals surface area contributed by atoms with Crippen LogP contribution in [0.3, 0.4) is 0 Å². The molecule has 0 bridgehead atoms. The number of nitrogens with two attached hydrogens (primary N) is 1. The SMILES string of the molecule is Cc1cc(F)cc(CC(=O)NC2CCC(N)C2)c1. The number of benzene rings is 1. The Morgan fingerprint density at radius 1 is 1.44 bits per heavy atom. The molecule has 1 aromatic rings.